The summed E-state index contributed by atoms with van der Waals surface area (Å²) in [6.07, 6.45) is 11.3. The van der Waals surface area contributed by atoms with Gasteiger partial charge in [0.15, 0.2) is 5.82 Å². The molecule has 0 saturated heterocycles. The van der Waals surface area contributed by atoms with Gasteiger partial charge in [-0.25, -0.2) is 23.8 Å². The van der Waals surface area contributed by atoms with Crippen LogP contribution < -0.4 is 15.3 Å². The lowest BCUT2D eigenvalue weighted by molar-refractivity contribution is 0.121. The second-order valence-electron chi connectivity index (χ2n) is 7.59. The molecule has 0 atom stereocenters. The lowest BCUT2D eigenvalue weighted by Crippen LogP contribution is -2.29. The molecule has 0 spiro atoms. The molecule has 8 nitrogen and oxygen atoms in total. The van der Waals surface area contributed by atoms with Crippen LogP contribution in [0.4, 0.5) is 10.3 Å². The lowest BCUT2D eigenvalue weighted by atomic mass is 9.84. The highest BCUT2D eigenvalue weighted by atomic mass is 19.1. The molecule has 1 fully saturated rings. The topological polar surface area (TPSA) is 86.0 Å². The molecule has 0 aliphatic heterocycles. The summed E-state index contributed by atoms with van der Waals surface area (Å²) in [5, 5.41) is 3.94. The van der Waals surface area contributed by atoms with E-state index in [0.717, 1.165) is 58.0 Å². The summed E-state index contributed by atoms with van der Waals surface area (Å²) in [7, 11) is 1.56. The molecule has 0 radical (unpaired) electrons. The Bertz CT molecular complexity index is 820. The quantitative estimate of drug-likeness (QED) is 0.635. The minimum atomic E-state index is -0.411. The van der Waals surface area contributed by atoms with Gasteiger partial charge in [-0.15, -0.1) is 0 Å². The van der Waals surface area contributed by atoms with Crippen LogP contribution in [0.25, 0.3) is 0 Å². The third kappa shape index (κ3) is 6.20. The molecule has 0 bridgehead atoms. The molecule has 1 aliphatic carbocycles. The second-order valence-corrected chi connectivity index (χ2v) is 7.59. The molecule has 9 heteroatoms. The van der Waals surface area contributed by atoms with Gasteiger partial charge < -0.3 is 9.64 Å². The van der Waals surface area contributed by atoms with Crippen LogP contribution in [0.5, 0.6) is 5.88 Å². The summed E-state index contributed by atoms with van der Waals surface area (Å²) >= 11 is 0. The molecular formula is C20H29FN6O2. The first-order chi connectivity index (χ1) is 14.0. The van der Waals surface area contributed by atoms with E-state index in [1.807, 2.05) is 0 Å². The molecule has 158 valence electrons. The Hall–Kier alpha value is -2.58. The van der Waals surface area contributed by atoms with Gasteiger partial charge in [0, 0.05) is 20.1 Å². The van der Waals surface area contributed by atoms with Gasteiger partial charge in [0.2, 0.25) is 11.8 Å². The van der Waals surface area contributed by atoms with Crippen LogP contribution >= 0.6 is 0 Å². The number of aryl methyl sites for hydroxylation is 1. The van der Waals surface area contributed by atoms with Crippen molar-refractivity contribution in [3.8, 4) is 5.88 Å². The fourth-order valence-electron chi connectivity index (χ4n) is 3.77. The third-order valence-corrected chi connectivity index (χ3v) is 5.33. The SMILES string of the molecule is CCCN(CCCC1CCC(Oc2cnn(C)c(=O)n2)CC1)c1ncc(F)cn1. The van der Waals surface area contributed by atoms with E-state index < -0.39 is 11.5 Å². The molecule has 1 aliphatic rings. The zero-order valence-corrected chi connectivity index (χ0v) is 17.1. The molecule has 2 aromatic rings. The molecule has 0 unspecified atom stereocenters. The normalized spacial score (nSPS) is 19.1. The van der Waals surface area contributed by atoms with E-state index in [-0.39, 0.29) is 6.10 Å². The highest BCUT2D eigenvalue weighted by Gasteiger charge is 2.23. The minimum absolute atomic E-state index is 0.0943. The Labute approximate surface area is 170 Å². The summed E-state index contributed by atoms with van der Waals surface area (Å²) in [6.45, 7) is 3.85. The van der Waals surface area contributed by atoms with Crippen LogP contribution in [-0.2, 0) is 7.05 Å². The van der Waals surface area contributed by atoms with Crippen molar-refractivity contribution < 1.29 is 9.13 Å². The van der Waals surface area contributed by atoms with E-state index in [9.17, 15) is 9.18 Å². The maximum absolute atomic E-state index is 13.1. The van der Waals surface area contributed by atoms with Crippen LogP contribution in [0, 0.1) is 11.7 Å². The van der Waals surface area contributed by atoms with E-state index in [0.29, 0.717) is 17.7 Å². The van der Waals surface area contributed by atoms with Crippen molar-refractivity contribution in [2.75, 3.05) is 18.0 Å². The lowest BCUT2D eigenvalue weighted by Gasteiger charge is -2.29. The molecule has 3 rings (SSSR count). The molecule has 1 saturated carbocycles. The first-order valence-electron chi connectivity index (χ1n) is 10.3. The minimum Gasteiger partial charge on any atom is -0.473 e. The number of aromatic nitrogens is 5. The highest BCUT2D eigenvalue weighted by molar-refractivity contribution is 5.28. The summed E-state index contributed by atoms with van der Waals surface area (Å²) in [5.41, 5.74) is -0.405. The van der Waals surface area contributed by atoms with Crippen molar-refractivity contribution >= 4 is 5.95 Å². The smallest absolute Gasteiger partial charge is 0.367 e. The van der Waals surface area contributed by atoms with Gasteiger partial charge in [-0.2, -0.15) is 10.1 Å². The van der Waals surface area contributed by atoms with E-state index in [2.05, 4.69) is 31.9 Å². The van der Waals surface area contributed by atoms with Gasteiger partial charge in [-0.1, -0.05) is 6.92 Å². The van der Waals surface area contributed by atoms with Crippen molar-refractivity contribution in [1.29, 1.82) is 0 Å². The van der Waals surface area contributed by atoms with Gasteiger partial charge >= 0.3 is 5.69 Å². The number of ether oxygens (including phenoxy) is 1. The predicted octanol–water partition coefficient (Wildman–Crippen LogP) is 2.74. The number of halogens is 1. The summed E-state index contributed by atoms with van der Waals surface area (Å²) in [5.74, 6) is 1.17. The predicted molar refractivity (Wildman–Crippen MR) is 107 cm³/mol. The summed E-state index contributed by atoms with van der Waals surface area (Å²) < 4.78 is 20.1. The standard InChI is InChI=1S/C20H29FN6O2/c1-3-10-27(19-22-12-16(21)13-23-19)11-4-5-15-6-8-17(9-7-15)29-18-14-24-26(2)20(28)25-18/h12-15,17H,3-11H2,1-2H3. The Balaban J connectivity index is 1.41. The molecular weight excluding hydrogens is 375 g/mol. The first kappa shape index (κ1) is 21.1. The number of rotatable bonds is 9. The average molecular weight is 404 g/mol. The van der Waals surface area contributed by atoms with Crippen molar-refractivity contribution in [2.24, 2.45) is 13.0 Å². The Morgan fingerprint density at radius 1 is 1.17 bits per heavy atom. The van der Waals surface area contributed by atoms with Gasteiger partial charge in [0.1, 0.15) is 12.3 Å². The Morgan fingerprint density at radius 3 is 2.55 bits per heavy atom. The maximum Gasteiger partial charge on any atom is 0.367 e. The van der Waals surface area contributed by atoms with Crippen LogP contribution in [0.1, 0.15) is 51.9 Å². The Kier molecular flexibility index (Phi) is 7.48. The van der Waals surface area contributed by atoms with Gasteiger partial charge in [-0.3, -0.25) is 0 Å². The highest BCUT2D eigenvalue weighted by Crippen LogP contribution is 2.30. The molecule has 0 amide bonds. The Morgan fingerprint density at radius 2 is 1.90 bits per heavy atom. The summed E-state index contributed by atoms with van der Waals surface area (Å²) in [4.78, 5) is 25.8. The molecule has 29 heavy (non-hydrogen) atoms. The van der Waals surface area contributed by atoms with Crippen molar-refractivity contribution in [3.05, 3.63) is 34.9 Å². The second kappa shape index (κ2) is 10.3. The fourth-order valence-corrected chi connectivity index (χ4v) is 3.77. The van der Waals surface area contributed by atoms with Crippen LogP contribution in [0.2, 0.25) is 0 Å². The number of hydrogen-bond acceptors (Lipinski definition) is 7. The van der Waals surface area contributed by atoms with Crippen LogP contribution in [-0.4, -0.2) is 43.9 Å². The van der Waals surface area contributed by atoms with E-state index >= 15 is 0 Å². The van der Waals surface area contributed by atoms with E-state index in [1.54, 1.807) is 7.05 Å². The number of nitrogens with zero attached hydrogens (tertiary/aromatic N) is 6. The number of hydrogen-bond donors (Lipinski definition) is 0. The molecule has 2 aromatic heterocycles. The van der Waals surface area contributed by atoms with E-state index in [4.69, 9.17) is 4.74 Å². The van der Waals surface area contributed by atoms with Gasteiger partial charge in [0.05, 0.1) is 12.4 Å². The van der Waals surface area contributed by atoms with Gasteiger partial charge in [-0.05, 0) is 50.9 Å². The van der Waals surface area contributed by atoms with Crippen LogP contribution in [0.15, 0.2) is 23.4 Å². The van der Waals surface area contributed by atoms with Gasteiger partial charge in [0.25, 0.3) is 0 Å². The third-order valence-electron chi connectivity index (χ3n) is 5.33. The van der Waals surface area contributed by atoms with E-state index in [1.165, 1.54) is 23.3 Å². The zero-order chi connectivity index (χ0) is 20.6. The summed E-state index contributed by atoms with van der Waals surface area (Å²) in [6, 6.07) is 0. The largest absolute Gasteiger partial charge is 0.473 e. The average Bonchev–Trinajstić information content (AvgIpc) is 2.72. The monoisotopic (exact) mass is 404 g/mol. The zero-order valence-electron chi connectivity index (χ0n) is 17.1. The molecule has 0 aromatic carbocycles. The first-order valence-corrected chi connectivity index (χ1v) is 10.3. The van der Waals surface area contributed by atoms with Crippen LogP contribution in [0.3, 0.4) is 0 Å². The van der Waals surface area contributed by atoms with Crippen molar-refractivity contribution in [2.45, 2.75) is 58.0 Å². The van der Waals surface area contributed by atoms with Crippen molar-refractivity contribution in [1.82, 2.24) is 24.7 Å². The maximum atomic E-state index is 13.1. The van der Waals surface area contributed by atoms with Crippen molar-refractivity contribution in [3.63, 3.8) is 0 Å². The molecule has 2 heterocycles. The number of anilines is 1. The molecule has 0 N–H and O–H groups in total. The fraction of sp³-hybridized carbons (Fsp3) is 0.650.